The minimum Gasteiger partial charge on any atom is -0.298 e. The van der Waals surface area contributed by atoms with E-state index in [9.17, 15) is 4.79 Å². The summed E-state index contributed by atoms with van der Waals surface area (Å²) in [5.41, 5.74) is 3.05. The van der Waals surface area contributed by atoms with Gasteiger partial charge in [-0.1, -0.05) is 32.0 Å². The maximum atomic E-state index is 12.6. The Labute approximate surface area is 125 Å². The molecule has 3 rings (SSSR count). The molecule has 1 aromatic heterocycles. The van der Waals surface area contributed by atoms with Gasteiger partial charge in [0, 0.05) is 25.2 Å². The lowest BCUT2D eigenvalue weighted by molar-refractivity contribution is 0.238. The van der Waals surface area contributed by atoms with Gasteiger partial charge in [-0.15, -0.1) is 0 Å². The lowest BCUT2D eigenvalue weighted by Gasteiger charge is -2.26. The van der Waals surface area contributed by atoms with Gasteiger partial charge in [0.05, 0.1) is 11.3 Å². The third-order valence-electron chi connectivity index (χ3n) is 4.17. The molecule has 0 aliphatic carbocycles. The van der Waals surface area contributed by atoms with Gasteiger partial charge in [-0.25, -0.2) is 4.68 Å². The van der Waals surface area contributed by atoms with Gasteiger partial charge in [-0.3, -0.25) is 14.8 Å². The predicted octanol–water partition coefficient (Wildman–Crippen LogP) is 2.57. The standard InChI is InChI=1S/C17H23N3O/c1-13(2)8-10-19-11-9-16-15(12-19)17(21)20(18-16)14-6-4-3-5-7-14/h3-7,13,18H,8-12H2,1-2H3. The van der Waals surface area contributed by atoms with Crippen molar-refractivity contribution in [2.45, 2.75) is 33.2 Å². The van der Waals surface area contributed by atoms with E-state index in [1.165, 1.54) is 6.42 Å². The summed E-state index contributed by atoms with van der Waals surface area (Å²) in [6.45, 7) is 7.38. The van der Waals surface area contributed by atoms with Gasteiger partial charge in [0.25, 0.3) is 5.56 Å². The Morgan fingerprint density at radius 3 is 2.71 bits per heavy atom. The second-order valence-corrected chi connectivity index (χ2v) is 6.25. The smallest absolute Gasteiger partial charge is 0.275 e. The second-order valence-electron chi connectivity index (χ2n) is 6.25. The molecular formula is C17H23N3O. The van der Waals surface area contributed by atoms with Crippen LogP contribution in [0.2, 0.25) is 0 Å². The number of nitrogens with zero attached hydrogens (tertiary/aromatic N) is 2. The van der Waals surface area contributed by atoms with Crippen LogP contribution in [0, 0.1) is 5.92 Å². The Morgan fingerprint density at radius 2 is 2.00 bits per heavy atom. The molecule has 112 valence electrons. The second kappa shape index (κ2) is 5.90. The Morgan fingerprint density at radius 1 is 1.24 bits per heavy atom. The average Bonchev–Trinajstić information content (AvgIpc) is 2.83. The van der Waals surface area contributed by atoms with E-state index < -0.39 is 0 Å². The molecular weight excluding hydrogens is 262 g/mol. The van der Waals surface area contributed by atoms with Crippen LogP contribution in [0.25, 0.3) is 5.69 Å². The van der Waals surface area contributed by atoms with Gasteiger partial charge in [-0.2, -0.15) is 0 Å². The van der Waals surface area contributed by atoms with E-state index in [4.69, 9.17) is 0 Å². The van der Waals surface area contributed by atoms with Crippen molar-refractivity contribution >= 4 is 0 Å². The van der Waals surface area contributed by atoms with E-state index >= 15 is 0 Å². The zero-order chi connectivity index (χ0) is 14.8. The fraction of sp³-hybridized carbons (Fsp3) is 0.471. The molecule has 0 radical (unpaired) electrons. The molecule has 2 heterocycles. The highest BCUT2D eigenvalue weighted by Gasteiger charge is 2.22. The van der Waals surface area contributed by atoms with Crippen molar-refractivity contribution in [3.63, 3.8) is 0 Å². The summed E-state index contributed by atoms with van der Waals surface area (Å²) in [4.78, 5) is 15.0. The summed E-state index contributed by atoms with van der Waals surface area (Å²) in [5.74, 6) is 0.707. The topological polar surface area (TPSA) is 41.0 Å². The number of fused-ring (bicyclic) bond motifs is 1. The molecule has 1 aromatic carbocycles. The number of para-hydroxylation sites is 1. The van der Waals surface area contributed by atoms with Crippen molar-refractivity contribution in [2.24, 2.45) is 5.92 Å². The molecule has 4 heteroatoms. The van der Waals surface area contributed by atoms with E-state index in [1.54, 1.807) is 4.68 Å². The summed E-state index contributed by atoms with van der Waals surface area (Å²) in [5, 5.41) is 3.28. The fourth-order valence-corrected chi connectivity index (χ4v) is 2.85. The molecule has 1 N–H and O–H groups in total. The number of nitrogens with one attached hydrogen (secondary N) is 1. The molecule has 0 bridgehead atoms. The van der Waals surface area contributed by atoms with Crippen molar-refractivity contribution < 1.29 is 0 Å². The highest BCUT2D eigenvalue weighted by Crippen LogP contribution is 2.16. The first kappa shape index (κ1) is 14.1. The van der Waals surface area contributed by atoms with E-state index in [-0.39, 0.29) is 5.56 Å². The third-order valence-corrected chi connectivity index (χ3v) is 4.17. The molecule has 0 saturated carbocycles. The summed E-state index contributed by atoms with van der Waals surface area (Å²) in [6, 6.07) is 9.79. The molecule has 0 saturated heterocycles. The number of H-pyrrole nitrogens is 1. The molecule has 0 unspecified atom stereocenters. The Hall–Kier alpha value is -1.81. The number of hydrogen-bond donors (Lipinski definition) is 1. The van der Waals surface area contributed by atoms with Crippen molar-refractivity contribution in [1.29, 1.82) is 0 Å². The van der Waals surface area contributed by atoms with Gasteiger partial charge in [0.2, 0.25) is 0 Å². The minimum absolute atomic E-state index is 0.102. The molecule has 0 amide bonds. The first-order chi connectivity index (χ1) is 10.1. The zero-order valence-electron chi connectivity index (χ0n) is 12.8. The van der Waals surface area contributed by atoms with Crippen LogP contribution in [0.5, 0.6) is 0 Å². The van der Waals surface area contributed by atoms with Gasteiger partial charge in [-0.05, 0) is 31.0 Å². The highest BCUT2D eigenvalue weighted by molar-refractivity contribution is 5.33. The minimum atomic E-state index is 0.102. The van der Waals surface area contributed by atoms with Crippen molar-refractivity contribution in [1.82, 2.24) is 14.7 Å². The summed E-state index contributed by atoms with van der Waals surface area (Å²) in [7, 11) is 0. The fourth-order valence-electron chi connectivity index (χ4n) is 2.85. The van der Waals surface area contributed by atoms with Gasteiger partial charge >= 0.3 is 0 Å². The number of hydrogen-bond acceptors (Lipinski definition) is 2. The molecule has 21 heavy (non-hydrogen) atoms. The number of benzene rings is 1. The van der Waals surface area contributed by atoms with Crippen LogP contribution in [-0.2, 0) is 13.0 Å². The molecule has 0 spiro atoms. The van der Waals surface area contributed by atoms with Crippen LogP contribution in [0.15, 0.2) is 35.1 Å². The average molecular weight is 285 g/mol. The molecule has 1 aliphatic rings. The van der Waals surface area contributed by atoms with E-state index in [1.807, 2.05) is 30.3 Å². The molecule has 4 nitrogen and oxygen atoms in total. The third kappa shape index (κ3) is 2.95. The van der Waals surface area contributed by atoms with Crippen molar-refractivity contribution in [2.75, 3.05) is 13.1 Å². The number of rotatable bonds is 4. The lowest BCUT2D eigenvalue weighted by Crippen LogP contribution is -2.34. The summed E-state index contributed by atoms with van der Waals surface area (Å²) < 4.78 is 1.68. The summed E-state index contributed by atoms with van der Waals surface area (Å²) in [6.07, 6.45) is 2.12. The first-order valence-corrected chi connectivity index (χ1v) is 7.75. The lowest BCUT2D eigenvalue weighted by atomic mass is 10.1. The van der Waals surface area contributed by atoms with E-state index in [0.29, 0.717) is 5.92 Å². The highest BCUT2D eigenvalue weighted by atomic mass is 16.1. The van der Waals surface area contributed by atoms with Crippen LogP contribution in [0.3, 0.4) is 0 Å². The van der Waals surface area contributed by atoms with Crippen molar-refractivity contribution in [3.8, 4) is 5.69 Å². The molecule has 2 aromatic rings. The quantitative estimate of drug-likeness (QED) is 0.938. The van der Waals surface area contributed by atoms with E-state index in [2.05, 4.69) is 23.8 Å². The maximum absolute atomic E-state index is 12.6. The van der Waals surface area contributed by atoms with E-state index in [0.717, 1.165) is 43.0 Å². The van der Waals surface area contributed by atoms with Crippen molar-refractivity contribution in [3.05, 3.63) is 51.9 Å². The monoisotopic (exact) mass is 285 g/mol. The molecule has 0 fully saturated rings. The van der Waals surface area contributed by atoms with Crippen LogP contribution >= 0.6 is 0 Å². The van der Waals surface area contributed by atoms with Gasteiger partial charge in [0.15, 0.2) is 0 Å². The maximum Gasteiger partial charge on any atom is 0.275 e. The van der Waals surface area contributed by atoms with Gasteiger partial charge < -0.3 is 0 Å². The largest absolute Gasteiger partial charge is 0.298 e. The molecule has 0 atom stereocenters. The predicted molar refractivity (Wildman–Crippen MR) is 84.8 cm³/mol. The zero-order valence-corrected chi connectivity index (χ0v) is 12.8. The Bertz CT molecular complexity index is 654. The number of aromatic nitrogens is 2. The summed E-state index contributed by atoms with van der Waals surface area (Å²) >= 11 is 0. The van der Waals surface area contributed by atoms with Crippen LogP contribution in [0.1, 0.15) is 31.5 Å². The van der Waals surface area contributed by atoms with Crippen LogP contribution in [0.4, 0.5) is 0 Å². The Balaban J connectivity index is 1.83. The van der Waals surface area contributed by atoms with Gasteiger partial charge in [0.1, 0.15) is 0 Å². The first-order valence-electron chi connectivity index (χ1n) is 7.75. The normalized spacial score (nSPS) is 15.4. The van der Waals surface area contributed by atoms with Crippen LogP contribution < -0.4 is 5.56 Å². The molecule has 1 aliphatic heterocycles. The Kier molecular flexibility index (Phi) is 3.97. The SMILES string of the molecule is CC(C)CCN1CCc2[nH]n(-c3ccccc3)c(=O)c2C1. The number of aromatic amines is 1. The van der Waals surface area contributed by atoms with Crippen LogP contribution in [-0.4, -0.2) is 27.8 Å².